The Balaban J connectivity index is 2.53. The van der Waals surface area contributed by atoms with Gasteiger partial charge < -0.3 is 5.73 Å². The lowest BCUT2D eigenvalue weighted by Gasteiger charge is -2.04. The first kappa shape index (κ1) is 10.3. The normalized spacial score (nSPS) is 10.1. The summed E-state index contributed by atoms with van der Waals surface area (Å²) < 4.78 is 0. The van der Waals surface area contributed by atoms with Crippen molar-refractivity contribution in [3.05, 3.63) is 47.9 Å². The molecule has 0 saturated heterocycles. The van der Waals surface area contributed by atoms with Crippen LogP contribution in [-0.4, -0.2) is 15.9 Å². The van der Waals surface area contributed by atoms with Gasteiger partial charge in [0.05, 0.1) is 11.3 Å². The first-order chi connectivity index (χ1) is 7.68. The van der Waals surface area contributed by atoms with Crippen LogP contribution in [-0.2, 0) is 0 Å². The molecule has 16 heavy (non-hydrogen) atoms. The maximum absolute atomic E-state index is 11.0. The van der Waals surface area contributed by atoms with Crippen LogP contribution in [0.1, 0.15) is 15.9 Å². The molecule has 2 aromatic heterocycles. The molecular formula is C12H11N3O. The molecule has 0 spiro atoms. The molecular weight excluding hydrogens is 202 g/mol. The molecule has 2 aromatic rings. The van der Waals surface area contributed by atoms with Crippen molar-refractivity contribution in [2.75, 3.05) is 0 Å². The van der Waals surface area contributed by atoms with Gasteiger partial charge in [0.1, 0.15) is 0 Å². The van der Waals surface area contributed by atoms with E-state index in [2.05, 4.69) is 9.97 Å². The quantitative estimate of drug-likeness (QED) is 0.822. The average Bonchev–Trinajstić information content (AvgIpc) is 2.30. The van der Waals surface area contributed by atoms with Crippen molar-refractivity contribution in [2.24, 2.45) is 5.73 Å². The summed E-state index contributed by atoms with van der Waals surface area (Å²) in [6, 6.07) is 5.52. The number of pyridine rings is 2. The monoisotopic (exact) mass is 213 g/mol. The van der Waals surface area contributed by atoms with E-state index in [0.717, 1.165) is 16.8 Å². The van der Waals surface area contributed by atoms with Gasteiger partial charge in [-0.05, 0) is 24.6 Å². The fraction of sp³-hybridized carbons (Fsp3) is 0.0833. The zero-order valence-electron chi connectivity index (χ0n) is 8.84. The van der Waals surface area contributed by atoms with Crippen LogP contribution in [0.2, 0.25) is 0 Å². The van der Waals surface area contributed by atoms with E-state index in [1.54, 1.807) is 18.5 Å². The molecule has 80 valence electrons. The summed E-state index contributed by atoms with van der Waals surface area (Å²) in [4.78, 5) is 19.3. The van der Waals surface area contributed by atoms with E-state index < -0.39 is 5.91 Å². The van der Waals surface area contributed by atoms with Gasteiger partial charge in [-0.25, -0.2) is 0 Å². The number of rotatable bonds is 2. The Morgan fingerprint density at radius 3 is 2.88 bits per heavy atom. The Hall–Kier alpha value is -2.23. The summed E-state index contributed by atoms with van der Waals surface area (Å²) >= 11 is 0. The first-order valence-electron chi connectivity index (χ1n) is 4.85. The summed E-state index contributed by atoms with van der Waals surface area (Å²) in [5, 5.41) is 0. The number of amides is 1. The Morgan fingerprint density at radius 1 is 1.38 bits per heavy atom. The highest BCUT2D eigenvalue weighted by atomic mass is 16.1. The van der Waals surface area contributed by atoms with Crippen molar-refractivity contribution < 1.29 is 4.79 Å². The van der Waals surface area contributed by atoms with Crippen molar-refractivity contribution in [3.8, 4) is 11.3 Å². The van der Waals surface area contributed by atoms with Gasteiger partial charge in [0, 0.05) is 24.2 Å². The minimum atomic E-state index is -0.483. The molecule has 0 atom stereocenters. The number of primary amides is 1. The standard InChI is InChI=1S/C12H11N3O/c1-8-3-2-4-15-11(8)9-5-10(12(13)16)7-14-6-9/h2-7H,1H3,(H2,13,16). The SMILES string of the molecule is Cc1cccnc1-c1cncc(C(N)=O)c1. The molecule has 2 N–H and O–H groups in total. The van der Waals surface area contributed by atoms with Gasteiger partial charge in [-0.3, -0.25) is 14.8 Å². The van der Waals surface area contributed by atoms with Crippen LogP contribution in [0.5, 0.6) is 0 Å². The maximum atomic E-state index is 11.0. The molecule has 0 saturated carbocycles. The van der Waals surface area contributed by atoms with Crippen LogP contribution in [0.3, 0.4) is 0 Å². The predicted molar refractivity (Wildman–Crippen MR) is 60.7 cm³/mol. The fourth-order valence-corrected chi connectivity index (χ4v) is 1.49. The van der Waals surface area contributed by atoms with Crippen LogP contribution in [0, 0.1) is 6.92 Å². The summed E-state index contributed by atoms with van der Waals surface area (Å²) in [6.45, 7) is 1.96. The lowest BCUT2D eigenvalue weighted by Crippen LogP contribution is -2.11. The van der Waals surface area contributed by atoms with E-state index in [-0.39, 0.29) is 0 Å². The average molecular weight is 213 g/mol. The Bertz CT molecular complexity index is 537. The van der Waals surface area contributed by atoms with Gasteiger partial charge in [-0.15, -0.1) is 0 Å². The largest absolute Gasteiger partial charge is 0.366 e. The second-order valence-corrected chi connectivity index (χ2v) is 3.50. The molecule has 2 heterocycles. The molecule has 0 aliphatic rings. The van der Waals surface area contributed by atoms with E-state index in [1.165, 1.54) is 6.20 Å². The summed E-state index contributed by atoms with van der Waals surface area (Å²) in [5.74, 6) is -0.483. The van der Waals surface area contributed by atoms with E-state index in [4.69, 9.17) is 5.73 Å². The highest BCUT2D eigenvalue weighted by molar-refractivity contribution is 5.93. The molecule has 2 rings (SSSR count). The molecule has 4 nitrogen and oxygen atoms in total. The second kappa shape index (κ2) is 4.10. The molecule has 0 aliphatic heterocycles. The maximum Gasteiger partial charge on any atom is 0.250 e. The Labute approximate surface area is 93.2 Å². The highest BCUT2D eigenvalue weighted by Crippen LogP contribution is 2.20. The lowest BCUT2D eigenvalue weighted by molar-refractivity contribution is 0.1000. The van der Waals surface area contributed by atoms with E-state index in [0.29, 0.717) is 5.56 Å². The molecule has 0 fully saturated rings. The zero-order valence-corrected chi connectivity index (χ0v) is 8.84. The van der Waals surface area contributed by atoms with Gasteiger partial charge in [-0.2, -0.15) is 0 Å². The zero-order chi connectivity index (χ0) is 11.5. The fourth-order valence-electron chi connectivity index (χ4n) is 1.49. The van der Waals surface area contributed by atoms with E-state index in [1.807, 2.05) is 19.1 Å². The van der Waals surface area contributed by atoms with E-state index in [9.17, 15) is 4.79 Å². The second-order valence-electron chi connectivity index (χ2n) is 3.50. The van der Waals surface area contributed by atoms with Crippen LogP contribution in [0.25, 0.3) is 11.3 Å². The van der Waals surface area contributed by atoms with Crippen molar-refractivity contribution >= 4 is 5.91 Å². The summed E-state index contributed by atoms with van der Waals surface area (Å²) in [5.41, 5.74) is 8.24. The number of nitrogens with zero attached hydrogens (tertiary/aromatic N) is 2. The molecule has 0 bridgehead atoms. The van der Waals surface area contributed by atoms with E-state index >= 15 is 0 Å². The summed E-state index contributed by atoms with van der Waals surface area (Å²) in [7, 11) is 0. The van der Waals surface area contributed by atoms with Gasteiger partial charge in [0.25, 0.3) is 0 Å². The smallest absolute Gasteiger partial charge is 0.250 e. The number of aromatic nitrogens is 2. The number of carbonyl (C=O) groups is 1. The molecule has 0 unspecified atom stereocenters. The third-order valence-corrected chi connectivity index (χ3v) is 2.31. The number of hydrogen-bond acceptors (Lipinski definition) is 3. The number of carbonyl (C=O) groups excluding carboxylic acids is 1. The van der Waals surface area contributed by atoms with Gasteiger partial charge in [0.2, 0.25) is 5.91 Å². The van der Waals surface area contributed by atoms with Crippen LogP contribution in [0.4, 0.5) is 0 Å². The van der Waals surface area contributed by atoms with Crippen LogP contribution in [0.15, 0.2) is 36.8 Å². The van der Waals surface area contributed by atoms with Crippen LogP contribution < -0.4 is 5.73 Å². The Kier molecular flexibility index (Phi) is 2.64. The summed E-state index contributed by atoms with van der Waals surface area (Å²) in [6.07, 6.45) is 4.82. The third kappa shape index (κ3) is 1.91. The molecule has 0 aliphatic carbocycles. The highest BCUT2D eigenvalue weighted by Gasteiger charge is 2.06. The minimum absolute atomic E-state index is 0.391. The number of nitrogens with two attached hydrogens (primary N) is 1. The van der Waals surface area contributed by atoms with Gasteiger partial charge in [0.15, 0.2) is 0 Å². The molecule has 0 aromatic carbocycles. The third-order valence-electron chi connectivity index (χ3n) is 2.31. The van der Waals surface area contributed by atoms with Gasteiger partial charge >= 0.3 is 0 Å². The van der Waals surface area contributed by atoms with Crippen molar-refractivity contribution in [1.82, 2.24) is 9.97 Å². The van der Waals surface area contributed by atoms with Gasteiger partial charge in [-0.1, -0.05) is 6.07 Å². The Morgan fingerprint density at radius 2 is 2.19 bits per heavy atom. The van der Waals surface area contributed by atoms with Crippen molar-refractivity contribution in [2.45, 2.75) is 6.92 Å². The van der Waals surface area contributed by atoms with Crippen LogP contribution >= 0.6 is 0 Å². The molecule has 4 heteroatoms. The topological polar surface area (TPSA) is 68.9 Å². The molecule has 0 radical (unpaired) electrons. The number of aryl methyl sites for hydroxylation is 1. The molecule has 1 amide bonds. The minimum Gasteiger partial charge on any atom is -0.366 e. The lowest BCUT2D eigenvalue weighted by atomic mass is 10.1. The predicted octanol–water partition coefficient (Wildman–Crippen LogP) is 1.55. The van der Waals surface area contributed by atoms with Crippen molar-refractivity contribution in [3.63, 3.8) is 0 Å². The number of hydrogen-bond donors (Lipinski definition) is 1. The first-order valence-corrected chi connectivity index (χ1v) is 4.85. The van der Waals surface area contributed by atoms with Crippen molar-refractivity contribution in [1.29, 1.82) is 0 Å².